The highest BCUT2D eigenvalue weighted by Gasteiger charge is 2.03. The molecule has 0 atom stereocenters. The molecule has 3 nitrogen and oxygen atoms in total. The third-order valence-electron chi connectivity index (χ3n) is 2.40. The van der Waals surface area contributed by atoms with E-state index >= 15 is 0 Å². The Morgan fingerprint density at radius 1 is 1.12 bits per heavy atom. The molecule has 2 rings (SSSR count). The molecule has 0 saturated heterocycles. The molecule has 1 aromatic carbocycles. The second kappa shape index (κ2) is 4.75. The van der Waals surface area contributed by atoms with Crippen LogP contribution in [0.1, 0.15) is 12.5 Å². The molecule has 3 heteroatoms. The van der Waals surface area contributed by atoms with Crippen LogP contribution < -0.4 is 5.32 Å². The molecule has 1 N–H and O–H groups in total. The molecular weight excluding hydrogens is 198 g/mol. The van der Waals surface area contributed by atoms with Gasteiger partial charge in [0.25, 0.3) is 0 Å². The highest BCUT2D eigenvalue weighted by molar-refractivity contribution is 5.61. The van der Waals surface area contributed by atoms with Gasteiger partial charge in [-0.05, 0) is 25.5 Å². The summed E-state index contributed by atoms with van der Waals surface area (Å²) in [5.41, 5.74) is 3.14. The fourth-order valence-electron chi connectivity index (χ4n) is 1.58. The lowest BCUT2D eigenvalue weighted by atomic mass is 10.1. The third kappa shape index (κ3) is 2.19. The van der Waals surface area contributed by atoms with Crippen LogP contribution in [0.5, 0.6) is 0 Å². The Bertz CT molecular complexity index is 466. The number of nitrogens with one attached hydrogen (secondary N) is 1. The SMILES string of the molecule is CCNc1nnc(-c2ccccc2)cc1C. The first-order valence-corrected chi connectivity index (χ1v) is 5.45. The standard InChI is InChI=1S/C13H15N3/c1-3-14-13-10(2)9-12(15-16-13)11-7-5-4-6-8-11/h4-9H,3H2,1-2H3,(H,14,16). The summed E-state index contributed by atoms with van der Waals surface area (Å²) in [5.74, 6) is 0.863. The maximum Gasteiger partial charge on any atom is 0.151 e. The van der Waals surface area contributed by atoms with Gasteiger partial charge in [0, 0.05) is 12.1 Å². The molecule has 82 valence electrons. The van der Waals surface area contributed by atoms with Crippen molar-refractivity contribution in [2.75, 3.05) is 11.9 Å². The molecule has 0 saturated carbocycles. The number of rotatable bonds is 3. The number of aromatic nitrogens is 2. The van der Waals surface area contributed by atoms with Gasteiger partial charge in [-0.15, -0.1) is 10.2 Å². The fourth-order valence-corrected chi connectivity index (χ4v) is 1.58. The zero-order valence-corrected chi connectivity index (χ0v) is 9.57. The van der Waals surface area contributed by atoms with E-state index < -0.39 is 0 Å². The van der Waals surface area contributed by atoms with Crippen LogP contribution in [-0.2, 0) is 0 Å². The van der Waals surface area contributed by atoms with Crippen molar-refractivity contribution in [2.45, 2.75) is 13.8 Å². The Morgan fingerprint density at radius 2 is 1.88 bits per heavy atom. The van der Waals surface area contributed by atoms with E-state index in [0.29, 0.717) is 0 Å². The van der Waals surface area contributed by atoms with Crippen LogP contribution in [0.4, 0.5) is 5.82 Å². The van der Waals surface area contributed by atoms with Crippen LogP contribution in [0.2, 0.25) is 0 Å². The second-order valence-electron chi connectivity index (χ2n) is 3.66. The minimum absolute atomic E-state index is 0.861. The average Bonchev–Trinajstić information content (AvgIpc) is 2.33. The molecule has 0 bridgehead atoms. The Labute approximate surface area is 95.5 Å². The van der Waals surface area contributed by atoms with Gasteiger partial charge in [0.15, 0.2) is 5.82 Å². The monoisotopic (exact) mass is 213 g/mol. The van der Waals surface area contributed by atoms with Crippen molar-refractivity contribution in [3.8, 4) is 11.3 Å². The third-order valence-corrected chi connectivity index (χ3v) is 2.40. The molecule has 16 heavy (non-hydrogen) atoms. The predicted molar refractivity (Wildman–Crippen MR) is 66.4 cm³/mol. The van der Waals surface area contributed by atoms with Crippen LogP contribution in [0.25, 0.3) is 11.3 Å². The molecule has 1 aromatic heterocycles. The summed E-state index contributed by atoms with van der Waals surface area (Å²) in [6.45, 7) is 4.95. The quantitative estimate of drug-likeness (QED) is 0.851. The summed E-state index contributed by atoms with van der Waals surface area (Å²) in [5, 5.41) is 11.6. The molecule has 0 aliphatic carbocycles. The van der Waals surface area contributed by atoms with Crippen molar-refractivity contribution < 1.29 is 0 Å². The van der Waals surface area contributed by atoms with Gasteiger partial charge in [-0.25, -0.2) is 0 Å². The van der Waals surface area contributed by atoms with E-state index in [1.807, 2.05) is 44.2 Å². The van der Waals surface area contributed by atoms with Crippen molar-refractivity contribution in [3.05, 3.63) is 42.0 Å². The number of anilines is 1. The number of benzene rings is 1. The van der Waals surface area contributed by atoms with E-state index in [2.05, 4.69) is 21.6 Å². The van der Waals surface area contributed by atoms with Gasteiger partial charge in [-0.2, -0.15) is 0 Å². The molecule has 0 radical (unpaired) electrons. The summed E-state index contributed by atoms with van der Waals surface area (Å²) in [6, 6.07) is 12.1. The van der Waals surface area contributed by atoms with Gasteiger partial charge in [0.2, 0.25) is 0 Å². The Balaban J connectivity index is 2.35. The Hall–Kier alpha value is -1.90. The first-order valence-electron chi connectivity index (χ1n) is 5.45. The fraction of sp³-hybridized carbons (Fsp3) is 0.231. The Kier molecular flexibility index (Phi) is 3.15. The lowest BCUT2D eigenvalue weighted by Crippen LogP contribution is -2.03. The van der Waals surface area contributed by atoms with Gasteiger partial charge in [-0.3, -0.25) is 0 Å². The predicted octanol–water partition coefficient (Wildman–Crippen LogP) is 2.88. The number of hydrogen-bond acceptors (Lipinski definition) is 3. The first-order chi connectivity index (χ1) is 7.81. The zero-order chi connectivity index (χ0) is 11.4. The van der Waals surface area contributed by atoms with Crippen LogP contribution in [-0.4, -0.2) is 16.7 Å². The molecule has 0 unspecified atom stereocenters. The molecule has 0 aliphatic rings. The lowest BCUT2D eigenvalue weighted by Gasteiger charge is -2.06. The van der Waals surface area contributed by atoms with E-state index in [-0.39, 0.29) is 0 Å². The van der Waals surface area contributed by atoms with E-state index in [0.717, 1.165) is 29.2 Å². The normalized spacial score (nSPS) is 10.1. The summed E-state index contributed by atoms with van der Waals surface area (Å²) >= 11 is 0. The number of nitrogens with zero attached hydrogens (tertiary/aromatic N) is 2. The molecule has 0 spiro atoms. The molecular formula is C13H15N3. The van der Waals surface area contributed by atoms with Gasteiger partial charge < -0.3 is 5.32 Å². The average molecular weight is 213 g/mol. The van der Waals surface area contributed by atoms with E-state index in [4.69, 9.17) is 0 Å². The molecule has 0 fully saturated rings. The van der Waals surface area contributed by atoms with Crippen LogP contribution in [0, 0.1) is 6.92 Å². The summed E-state index contributed by atoms with van der Waals surface area (Å²) in [4.78, 5) is 0. The summed E-state index contributed by atoms with van der Waals surface area (Å²) < 4.78 is 0. The van der Waals surface area contributed by atoms with Gasteiger partial charge >= 0.3 is 0 Å². The van der Waals surface area contributed by atoms with Crippen LogP contribution >= 0.6 is 0 Å². The lowest BCUT2D eigenvalue weighted by molar-refractivity contribution is 1.00. The van der Waals surface area contributed by atoms with Crippen molar-refractivity contribution in [3.63, 3.8) is 0 Å². The molecule has 0 aliphatic heterocycles. The molecule has 0 amide bonds. The number of hydrogen-bond donors (Lipinski definition) is 1. The zero-order valence-electron chi connectivity index (χ0n) is 9.57. The van der Waals surface area contributed by atoms with Crippen molar-refractivity contribution in [1.82, 2.24) is 10.2 Å². The smallest absolute Gasteiger partial charge is 0.151 e. The summed E-state index contributed by atoms with van der Waals surface area (Å²) in [6.07, 6.45) is 0. The van der Waals surface area contributed by atoms with Gasteiger partial charge in [0.1, 0.15) is 0 Å². The van der Waals surface area contributed by atoms with Gasteiger partial charge in [0.05, 0.1) is 5.69 Å². The van der Waals surface area contributed by atoms with Crippen LogP contribution in [0.3, 0.4) is 0 Å². The van der Waals surface area contributed by atoms with Crippen molar-refractivity contribution >= 4 is 5.82 Å². The van der Waals surface area contributed by atoms with E-state index in [9.17, 15) is 0 Å². The number of aryl methyl sites for hydroxylation is 1. The largest absolute Gasteiger partial charge is 0.369 e. The highest BCUT2D eigenvalue weighted by atomic mass is 15.2. The summed E-state index contributed by atoms with van der Waals surface area (Å²) in [7, 11) is 0. The van der Waals surface area contributed by atoms with Crippen LogP contribution in [0.15, 0.2) is 36.4 Å². The van der Waals surface area contributed by atoms with E-state index in [1.165, 1.54) is 0 Å². The minimum atomic E-state index is 0.861. The molecule has 2 aromatic rings. The minimum Gasteiger partial charge on any atom is -0.369 e. The highest BCUT2D eigenvalue weighted by Crippen LogP contribution is 2.19. The maximum atomic E-state index is 4.22. The first kappa shape index (κ1) is 10.6. The second-order valence-corrected chi connectivity index (χ2v) is 3.66. The van der Waals surface area contributed by atoms with Crippen molar-refractivity contribution in [2.24, 2.45) is 0 Å². The topological polar surface area (TPSA) is 37.8 Å². The van der Waals surface area contributed by atoms with Crippen molar-refractivity contribution in [1.29, 1.82) is 0 Å². The van der Waals surface area contributed by atoms with E-state index in [1.54, 1.807) is 0 Å². The Morgan fingerprint density at radius 3 is 2.50 bits per heavy atom. The maximum absolute atomic E-state index is 4.22. The molecule has 1 heterocycles. The van der Waals surface area contributed by atoms with Gasteiger partial charge in [-0.1, -0.05) is 30.3 Å².